The lowest BCUT2D eigenvalue weighted by atomic mass is 10.1. The number of hydrogen-bond acceptors (Lipinski definition) is 3. The van der Waals surface area contributed by atoms with Gasteiger partial charge < -0.3 is 19.7 Å². The number of likely N-dealkylation sites (N-methyl/N-ethyl adjacent to an activating group) is 1. The minimum absolute atomic E-state index is 0.00284. The summed E-state index contributed by atoms with van der Waals surface area (Å²) in [5.41, 5.74) is 0. The van der Waals surface area contributed by atoms with Gasteiger partial charge >= 0.3 is 0 Å². The molecule has 0 spiro atoms. The van der Waals surface area contributed by atoms with Gasteiger partial charge in [-0.1, -0.05) is 70.4 Å². The van der Waals surface area contributed by atoms with Gasteiger partial charge in [0, 0.05) is 19.4 Å². The first-order chi connectivity index (χ1) is 14.4. The Balaban J connectivity index is 3.39. The zero-order valence-corrected chi connectivity index (χ0v) is 20.1. The number of carbonyl (C=O) groups excluding carboxylic acids is 2. The molecule has 30 heavy (non-hydrogen) atoms. The molecule has 5 nitrogen and oxygen atoms in total. The summed E-state index contributed by atoms with van der Waals surface area (Å²) in [6, 6.07) is 0. The largest absolute Gasteiger partial charge is 0.544 e. The average molecular weight is 425 g/mol. The highest BCUT2D eigenvalue weighted by Gasteiger charge is 2.14. The lowest BCUT2D eigenvalue weighted by molar-refractivity contribution is -0.884. The zero-order chi connectivity index (χ0) is 22.5. The first kappa shape index (κ1) is 28.6. The molecule has 5 heteroatoms. The summed E-state index contributed by atoms with van der Waals surface area (Å²) in [4.78, 5) is 22.5. The molecule has 0 radical (unpaired) electrons. The van der Waals surface area contributed by atoms with E-state index in [0.29, 0.717) is 24.0 Å². The molecule has 0 saturated carbocycles. The Kier molecular flexibility index (Phi) is 18.7. The predicted octanol–water partition coefficient (Wildman–Crippen LogP) is 4.36. The molecule has 0 aliphatic carbocycles. The van der Waals surface area contributed by atoms with Gasteiger partial charge in [0.15, 0.2) is 0 Å². The molecule has 0 aromatic heterocycles. The minimum atomic E-state index is -1.03. The molecule has 1 N–H and O–H groups in total. The van der Waals surface area contributed by atoms with Gasteiger partial charge in [0.2, 0.25) is 5.91 Å². The van der Waals surface area contributed by atoms with Gasteiger partial charge in [-0.15, -0.1) is 0 Å². The molecule has 0 heterocycles. The number of carboxylic acids is 1. The molecule has 0 fully saturated rings. The Morgan fingerprint density at radius 2 is 1.33 bits per heavy atom. The maximum Gasteiger partial charge on any atom is 0.219 e. The van der Waals surface area contributed by atoms with E-state index in [4.69, 9.17) is 0 Å². The van der Waals surface area contributed by atoms with Crippen LogP contribution < -0.4 is 10.4 Å². The molecule has 0 saturated heterocycles. The number of amides is 1. The smallest absolute Gasteiger partial charge is 0.219 e. The number of unbranched alkanes of at least 4 members (excludes halogenated alkanes) is 11. The van der Waals surface area contributed by atoms with Gasteiger partial charge in [-0.25, -0.2) is 0 Å². The third-order valence-corrected chi connectivity index (χ3v) is 5.49. The predicted molar refractivity (Wildman–Crippen MR) is 124 cm³/mol. The van der Waals surface area contributed by atoms with E-state index >= 15 is 0 Å². The Morgan fingerprint density at radius 3 is 1.90 bits per heavy atom. The topological polar surface area (TPSA) is 69.2 Å². The van der Waals surface area contributed by atoms with E-state index in [9.17, 15) is 14.7 Å². The summed E-state index contributed by atoms with van der Waals surface area (Å²) in [6.07, 6.45) is 22.4. The zero-order valence-electron chi connectivity index (χ0n) is 20.1. The molecule has 1 amide bonds. The molecule has 0 unspecified atom stereocenters. The maximum atomic E-state index is 11.8. The summed E-state index contributed by atoms with van der Waals surface area (Å²) < 4.78 is 0.381. The van der Waals surface area contributed by atoms with Crippen molar-refractivity contribution >= 4 is 11.9 Å². The first-order valence-electron chi connectivity index (χ1n) is 12.3. The fourth-order valence-electron chi connectivity index (χ4n) is 3.61. The molecular formula is C25H48N2O3. The van der Waals surface area contributed by atoms with E-state index in [2.05, 4.69) is 24.4 Å². The van der Waals surface area contributed by atoms with Gasteiger partial charge in [-0.05, 0) is 32.1 Å². The van der Waals surface area contributed by atoms with Crippen LogP contribution >= 0.6 is 0 Å². The highest BCUT2D eigenvalue weighted by molar-refractivity contribution is 5.75. The number of aliphatic carboxylic acids is 1. The van der Waals surface area contributed by atoms with E-state index in [1.54, 1.807) is 0 Å². The second kappa shape index (κ2) is 19.6. The molecule has 0 aliphatic rings. The number of quaternary nitrogens is 1. The maximum absolute atomic E-state index is 11.8. The van der Waals surface area contributed by atoms with Crippen LogP contribution in [0.3, 0.4) is 0 Å². The van der Waals surface area contributed by atoms with Crippen molar-refractivity contribution in [1.82, 2.24) is 5.32 Å². The summed E-state index contributed by atoms with van der Waals surface area (Å²) in [5, 5.41) is 13.6. The number of carboxylic acid groups (broad SMARTS) is 1. The number of nitrogens with zero attached hydrogens (tertiary/aromatic N) is 1. The molecule has 0 aliphatic heterocycles. The number of allylic oxidation sites excluding steroid dienone is 2. The fraction of sp³-hybridized carbons (Fsp3) is 0.840. The Labute approximate surface area is 185 Å². The molecule has 0 aromatic rings. The molecule has 0 bridgehead atoms. The number of hydrogen-bond donors (Lipinski definition) is 1. The van der Waals surface area contributed by atoms with Crippen LogP contribution in [-0.2, 0) is 9.59 Å². The summed E-state index contributed by atoms with van der Waals surface area (Å²) in [6.45, 7) is 3.58. The van der Waals surface area contributed by atoms with E-state index in [0.717, 1.165) is 19.3 Å². The van der Waals surface area contributed by atoms with Gasteiger partial charge in [0.1, 0.15) is 6.54 Å². The van der Waals surface area contributed by atoms with E-state index in [-0.39, 0.29) is 12.5 Å². The van der Waals surface area contributed by atoms with Crippen molar-refractivity contribution in [2.75, 3.05) is 33.7 Å². The van der Waals surface area contributed by atoms with Crippen LogP contribution in [0.4, 0.5) is 0 Å². The molecule has 0 rings (SSSR count). The summed E-state index contributed by atoms with van der Waals surface area (Å²) in [7, 11) is 3.73. The Hall–Kier alpha value is -1.36. The second-order valence-electron chi connectivity index (χ2n) is 9.23. The lowest BCUT2D eigenvalue weighted by Crippen LogP contribution is -2.49. The van der Waals surface area contributed by atoms with Crippen LogP contribution in [0.25, 0.3) is 0 Å². The first-order valence-corrected chi connectivity index (χ1v) is 12.3. The van der Waals surface area contributed by atoms with Crippen molar-refractivity contribution < 1.29 is 19.2 Å². The van der Waals surface area contributed by atoms with Crippen LogP contribution in [0.1, 0.15) is 103 Å². The minimum Gasteiger partial charge on any atom is -0.544 e. The van der Waals surface area contributed by atoms with Crippen molar-refractivity contribution in [2.45, 2.75) is 103 Å². The normalized spacial score (nSPS) is 11.8. The molecule has 176 valence electrons. The standard InChI is InChI=1S/C25H48N2O3/c1-4-5-6-7-8-9-10-11-12-13-14-15-16-17-18-20-24(28)26-21-19-22-27(2,3)23-25(29)30/h11-12H,4-10,13-23H2,1-3H3,(H-,26,28,29,30). The molecule has 0 atom stereocenters. The lowest BCUT2D eigenvalue weighted by Gasteiger charge is -2.30. The highest BCUT2D eigenvalue weighted by atomic mass is 16.4. The van der Waals surface area contributed by atoms with Crippen molar-refractivity contribution in [3.63, 3.8) is 0 Å². The fourth-order valence-corrected chi connectivity index (χ4v) is 3.61. The van der Waals surface area contributed by atoms with Crippen LogP contribution in [0.5, 0.6) is 0 Å². The third-order valence-electron chi connectivity index (χ3n) is 5.49. The number of rotatable bonds is 21. The molecular weight excluding hydrogens is 376 g/mol. The van der Waals surface area contributed by atoms with Crippen LogP contribution in [0.2, 0.25) is 0 Å². The van der Waals surface area contributed by atoms with Gasteiger partial charge in [0.05, 0.1) is 26.6 Å². The van der Waals surface area contributed by atoms with Crippen molar-refractivity contribution in [1.29, 1.82) is 0 Å². The Morgan fingerprint density at radius 1 is 0.800 bits per heavy atom. The van der Waals surface area contributed by atoms with Crippen LogP contribution in [-0.4, -0.2) is 50.1 Å². The van der Waals surface area contributed by atoms with E-state index < -0.39 is 5.97 Å². The van der Waals surface area contributed by atoms with Gasteiger partial charge in [-0.3, -0.25) is 4.79 Å². The number of carbonyl (C=O) groups is 2. The van der Waals surface area contributed by atoms with Crippen molar-refractivity contribution in [3.8, 4) is 0 Å². The SMILES string of the molecule is CCCCCCCCC=CCCCCCCCC(=O)NCCC[N+](C)(C)CC(=O)[O-]. The van der Waals surface area contributed by atoms with Gasteiger partial charge in [-0.2, -0.15) is 0 Å². The highest BCUT2D eigenvalue weighted by Crippen LogP contribution is 2.10. The van der Waals surface area contributed by atoms with E-state index in [1.165, 1.54) is 70.6 Å². The number of nitrogens with one attached hydrogen (secondary N) is 1. The summed E-state index contributed by atoms with van der Waals surface area (Å²) in [5.74, 6) is -0.925. The van der Waals surface area contributed by atoms with Crippen molar-refractivity contribution in [3.05, 3.63) is 12.2 Å². The molecule has 0 aromatic carbocycles. The summed E-state index contributed by atoms with van der Waals surface area (Å²) >= 11 is 0. The monoisotopic (exact) mass is 424 g/mol. The van der Waals surface area contributed by atoms with Gasteiger partial charge in [0.25, 0.3) is 0 Å². The van der Waals surface area contributed by atoms with Crippen LogP contribution in [0, 0.1) is 0 Å². The Bertz CT molecular complexity index is 461. The second-order valence-corrected chi connectivity index (χ2v) is 9.23. The van der Waals surface area contributed by atoms with Crippen molar-refractivity contribution in [2.24, 2.45) is 0 Å². The quantitative estimate of drug-likeness (QED) is 0.169. The van der Waals surface area contributed by atoms with Crippen LogP contribution in [0.15, 0.2) is 12.2 Å². The average Bonchev–Trinajstić information content (AvgIpc) is 2.67. The van der Waals surface area contributed by atoms with E-state index in [1.807, 2.05) is 14.1 Å². The third kappa shape index (κ3) is 21.4.